The molecule has 172 valence electrons. The molecule has 2 N–H and O–H groups in total. The van der Waals surface area contributed by atoms with Gasteiger partial charge >= 0.3 is 0 Å². The second kappa shape index (κ2) is 12.7. The van der Waals surface area contributed by atoms with Gasteiger partial charge in [0.15, 0.2) is 0 Å². The molecule has 0 amide bonds. The highest BCUT2D eigenvalue weighted by Crippen LogP contribution is 2.32. The standard InChI is InChI=1S/C24H36N2O4S/c1-4-6-17-25(18-7-5-2)19-21(27)20-26(23-15-11-12-16-24(23)30-3)31(28,29)22-13-9-8-10-14-22/h8-16,21,27H,4-7,17-20H2,1-3H3/p+1. The predicted molar refractivity (Wildman–Crippen MR) is 125 cm³/mol. The number of hydrogen-bond acceptors (Lipinski definition) is 4. The van der Waals surface area contributed by atoms with E-state index < -0.39 is 16.1 Å². The molecular weight excluding hydrogens is 412 g/mol. The van der Waals surface area contributed by atoms with Gasteiger partial charge in [0.05, 0.1) is 37.3 Å². The van der Waals surface area contributed by atoms with Crippen LogP contribution in [0.5, 0.6) is 5.75 Å². The van der Waals surface area contributed by atoms with Gasteiger partial charge in [-0.3, -0.25) is 4.31 Å². The van der Waals surface area contributed by atoms with E-state index in [1.165, 1.54) is 16.3 Å². The fourth-order valence-electron chi connectivity index (χ4n) is 3.65. The number of nitrogens with zero attached hydrogens (tertiary/aromatic N) is 1. The Kier molecular flexibility index (Phi) is 10.3. The van der Waals surface area contributed by atoms with Crippen molar-refractivity contribution < 1.29 is 23.2 Å². The third-order valence-electron chi connectivity index (χ3n) is 5.35. The Labute approximate surface area is 187 Å². The predicted octanol–water partition coefficient (Wildman–Crippen LogP) is 2.74. The van der Waals surface area contributed by atoms with E-state index in [2.05, 4.69) is 13.8 Å². The molecule has 0 saturated heterocycles. The lowest BCUT2D eigenvalue weighted by Crippen LogP contribution is -3.13. The van der Waals surface area contributed by atoms with E-state index in [9.17, 15) is 13.5 Å². The van der Waals surface area contributed by atoms with Crippen LogP contribution in [0.2, 0.25) is 0 Å². The molecule has 0 radical (unpaired) electrons. The molecule has 2 aromatic rings. The number of ether oxygens (including phenoxy) is 1. The smallest absolute Gasteiger partial charge is 0.264 e. The van der Waals surface area contributed by atoms with Gasteiger partial charge in [-0.05, 0) is 37.1 Å². The van der Waals surface area contributed by atoms with E-state index in [4.69, 9.17) is 4.74 Å². The number of aliphatic hydroxyl groups excluding tert-OH is 1. The van der Waals surface area contributed by atoms with E-state index >= 15 is 0 Å². The fourth-order valence-corrected chi connectivity index (χ4v) is 5.19. The van der Waals surface area contributed by atoms with Crippen molar-refractivity contribution in [3.63, 3.8) is 0 Å². The summed E-state index contributed by atoms with van der Waals surface area (Å²) >= 11 is 0. The molecule has 0 aliphatic rings. The Morgan fingerprint density at radius 3 is 2.13 bits per heavy atom. The Balaban J connectivity index is 2.32. The summed E-state index contributed by atoms with van der Waals surface area (Å²) in [6.45, 7) is 6.75. The maximum absolute atomic E-state index is 13.5. The lowest BCUT2D eigenvalue weighted by Gasteiger charge is -2.29. The third kappa shape index (κ3) is 7.23. The molecule has 2 aromatic carbocycles. The van der Waals surface area contributed by atoms with Crippen molar-refractivity contribution >= 4 is 15.7 Å². The van der Waals surface area contributed by atoms with Crippen LogP contribution >= 0.6 is 0 Å². The number of hydrogen-bond donors (Lipinski definition) is 2. The molecule has 0 aromatic heterocycles. The summed E-state index contributed by atoms with van der Waals surface area (Å²) in [4.78, 5) is 1.50. The first kappa shape index (κ1) is 25.2. The minimum Gasteiger partial charge on any atom is -0.495 e. The van der Waals surface area contributed by atoms with Crippen LogP contribution in [-0.2, 0) is 10.0 Å². The molecule has 6 nitrogen and oxygen atoms in total. The largest absolute Gasteiger partial charge is 0.495 e. The number of anilines is 1. The van der Waals surface area contributed by atoms with Gasteiger partial charge in [0, 0.05) is 0 Å². The molecule has 1 unspecified atom stereocenters. The molecule has 0 aliphatic heterocycles. The summed E-state index contributed by atoms with van der Waals surface area (Å²) in [5.74, 6) is 0.454. The Hall–Kier alpha value is -2.09. The van der Waals surface area contributed by atoms with Crippen molar-refractivity contribution in [2.75, 3.05) is 37.6 Å². The number of nitrogens with one attached hydrogen (secondary N) is 1. The van der Waals surface area contributed by atoms with E-state index in [0.717, 1.165) is 38.8 Å². The number of aliphatic hydroxyl groups is 1. The molecule has 2 rings (SSSR count). The van der Waals surface area contributed by atoms with Crippen LogP contribution < -0.4 is 13.9 Å². The maximum Gasteiger partial charge on any atom is 0.264 e. The normalized spacial score (nSPS) is 12.7. The van der Waals surface area contributed by atoms with Crippen LogP contribution in [0.1, 0.15) is 39.5 Å². The second-order valence-electron chi connectivity index (χ2n) is 7.84. The van der Waals surface area contributed by atoms with Gasteiger partial charge in [-0.2, -0.15) is 0 Å². The molecule has 0 saturated carbocycles. The van der Waals surface area contributed by atoms with Crippen LogP contribution in [0.3, 0.4) is 0 Å². The number of quaternary nitrogens is 1. The molecule has 7 heteroatoms. The number of unbranched alkanes of at least 4 members (excludes halogenated alkanes) is 2. The zero-order valence-corrected chi connectivity index (χ0v) is 19.8. The van der Waals surface area contributed by atoms with Crippen LogP contribution in [0, 0.1) is 0 Å². The molecule has 0 heterocycles. The minimum atomic E-state index is -3.87. The highest BCUT2D eigenvalue weighted by atomic mass is 32.2. The van der Waals surface area contributed by atoms with Gasteiger partial charge in [-0.15, -0.1) is 0 Å². The topological polar surface area (TPSA) is 71.3 Å². The Morgan fingerprint density at radius 2 is 1.55 bits per heavy atom. The molecule has 0 spiro atoms. The minimum absolute atomic E-state index is 0.0284. The first-order chi connectivity index (χ1) is 14.9. The SMILES string of the molecule is CCCC[NH+](CCCC)CC(O)CN(c1ccccc1OC)S(=O)(=O)c1ccccc1. The molecule has 0 aliphatic carbocycles. The van der Waals surface area contributed by atoms with Crippen LogP contribution in [0.15, 0.2) is 59.5 Å². The summed E-state index contributed by atoms with van der Waals surface area (Å²) in [5, 5.41) is 11.0. The molecule has 0 bridgehead atoms. The van der Waals surface area contributed by atoms with E-state index in [0.29, 0.717) is 18.0 Å². The number of benzene rings is 2. The summed E-state index contributed by atoms with van der Waals surface area (Å²) in [7, 11) is -2.35. The van der Waals surface area contributed by atoms with E-state index in [-0.39, 0.29) is 11.4 Å². The zero-order chi connectivity index (χ0) is 22.7. The summed E-state index contributed by atoms with van der Waals surface area (Å²) in [5.41, 5.74) is 0.427. The zero-order valence-electron chi connectivity index (χ0n) is 19.0. The van der Waals surface area contributed by atoms with Crippen molar-refractivity contribution in [3.8, 4) is 5.75 Å². The molecular formula is C24H37N2O4S+. The lowest BCUT2D eigenvalue weighted by atomic mass is 10.2. The molecule has 0 fully saturated rings. The monoisotopic (exact) mass is 449 g/mol. The van der Waals surface area contributed by atoms with Crippen LogP contribution in [0.4, 0.5) is 5.69 Å². The number of para-hydroxylation sites is 2. The van der Waals surface area contributed by atoms with Crippen molar-refractivity contribution in [1.29, 1.82) is 0 Å². The number of rotatable bonds is 14. The summed E-state index contributed by atoms with van der Waals surface area (Å²) in [6, 6.07) is 15.3. The van der Waals surface area contributed by atoms with Crippen molar-refractivity contribution in [3.05, 3.63) is 54.6 Å². The highest BCUT2D eigenvalue weighted by Gasteiger charge is 2.30. The van der Waals surface area contributed by atoms with Crippen molar-refractivity contribution in [2.45, 2.75) is 50.5 Å². The average molecular weight is 450 g/mol. The molecule has 31 heavy (non-hydrogen) atoms. The highest BCUT2D eigenvalue weighted by molar-refractivity contribution is 7.92. The van der Waals surface area contributed by atoms with Gasteiger partial charge in [-0.25, -0.2) is 8.42 Å². The van der Waals surface area contributed by atoms with Crippen LogP contribution in [-0.4, -0.2) is 52.9 Å². The summed E-state index contributed by atoms with van der Waals surface area (Å²) < 4.78 is 33.8. The van der Waals surface area contributed by atoms with Gasteiger partial charge in [0.2, 0.25) is 0 Å². The second-order valence-corrected chi connectivity index (χ2v) is 9.70. The van der Waals surface area contributed by atoms with Crippen molar-refractivity contribution in [2.24, 2.45) is 0 Å². The third-order valence-corrected chi connectivity index (χ3v) is 7.15. The van der Waals surface area contributed by atoms with E-state index in [1.807, 2.05) is 0 Å². The maximum atomic E-state index is 13.5. The number of sulfonamides is 1. The quantitative estimate of drug-likeness (QED) is 0.465. The lowest BCUT2D eigenvalue weighted by molar-refractivity contribution is -0.903. The first-order valence-electron chi connectivity index (χ1n) is 11.2. The first-order valence-corrected chi connectivity index (χ1v) is 12.6. The van der Waals surface area contributed by atoms with Gasteiger partial charge in [0.1, 0.15) is 18.4 Å². The number of methoxy groups -OCH3 is 1. The fraction of sp³-hybridized carbons (Fsp3) is 0.500. The Morgan fingerprint density at radius 1 is 0.968 bits per heavy atom. The van der Waals surface area contributed by atoms with Gasteiger partial charge < -0.3 is 14.7 Å². The van der Waals surface area contributed by atoms with Crippen molar-refractivity contribution in [1.82, 2.24) is 0 Å². The van der Waals surface area contributed by atoms with Gasteiger partial charge in [-0.1, -0.05) is 57.0 Å². The average Bonchev–Trinajstić information content (AvgIpc) is 2.79. The van der Waals surface area contributed by atoms with Gasteiger partial charge in [0.25, 0.3) is 10.0 Å². The van der Waals surface area contributed by atoms with Crippen LogP contribution in [0.25, 0.3) is 0 Å². The van der Waals surface area contributed by atoms with E-state index in [1.54, 1.807) is 54.6 Å². The molecule has 1 atom stereocenters. The Bertz CT molecular complexity index is 866. The summed E-state index contributed by atoms with van der Waals surface area (Å²) in [6.07, 6.45) is 3.57.